The summed E-state index contributed by atoms with van der Waals surface area (Å²) < 4.78 is 5.34. The van der Waals surface area contributed by atoms with E-state index < -0.39 is 0 Å². The maximum Gasteiger partial charge on any atom is 0.221 e. The molecule has 2 heterocycles. The zero-order valence-electron chi connectivity index (χ0n) is 10.6. The highest BCUT2D eigenvalue weighted by molar-refractivity contribution is 5.87. The van der Waals surface area contributed by atoms with Crippen LogP contribution in [0.15, 0.2) is 30.5 Å². The lowest BCUT2D eigenvalue weighted by molar-refractivity contribution is 0.402. The first kappa shape index (κ1) is 11.5. The van der Waals surface area contributed by atoms with Crippen LogP contribution in [0.4, 0.5) is 0 Å². The summed E-state index contributed by atoms with van der Waals surface area (Å²) in [5.41, 5.74) is 1.34. The first-order chi connectivity index (χ1) is 8.88. The van der Waals surface area contributed by atoms with E-state index in [0.717, 1.165) is 11.9 Å². The average Bonchev–Trinajstić information content (AvgIpc) is 2.47. The molecule has 1 fully saturated rings. The molecule has 0 amide bonds. The highest BCUT2D eigenvalue weighted by atomic mass is 16.5. The minimum atomic E-state index is 0.480. The molecule has 3 heteroatoms. The van der Waals surface area contributed by atoms with Crippen LogP contribution in [0, 0.1) is 0 Å². The lowest BCUT2D eigenvalue weighted by Gasteiger charge is -2.24. The number of benzene rings is 1. The van der Waals surface area contributed by atoms with Gasteiger partial charge in [-0.05, 0) is 42.5 Å². The minimum absolute atomic E-state index is 0.480. The molecule has 1 atom stereocenters. The van der Waals surface area contributed by atoms with Gasteiger partial charge in [0.15, 0.2) is 0 Å². The predicted molar refractivity (Wildman–Crippen MR) is 72.9 cm³/mol. The topological polar surface area (TPSA) is 34.1 Å². The van der Waals surface area contributed by atoms with Crippen molar-refractivity contribution in [2.45, 2.75) is 25.3 Å². The van der Waals surface area contributed by atoms with Gasteiger partial charge in [0.05, 0.1) is 7.11 Å². The number of pyridine rings is 1. The van der Waals surface area contributed by atoms with Gasteiger partial charge in [0, 0.05) is 17.6 Å². The molecule has 3 rings (SSSR count). The van der Waals surface area contributed by atoms with E-state index in [9.17, 15) is 0 Å². The third kappa shape index (κ3) is 2.06. The third-order valence-corrected chi connectivity index (χ3v) is 3.66. The molecular weight excluding hydrogens is 224 g/mol. The second kappa shape index (κ2) is 4.94. The summed E-state index contributed by atoms with van der Waals surface area (Å²) in [5.74, 6) is 0.713. The Morgan fingerprint density at radius 3 is 3.00 bits per heavy atom. The summed E-state index contributed by atoms with van der Waals surface area (Å²) in [6.07, 6.45) is 5.60. The fraction of sp³-hybridized carbons (Fsp3) is 0.400. The van der Waals surface area contributed by atoms with E-state index in [4.69, 9.17) is 4.74 Å². The van der Waals surface area contributed by atoms with Crippen LogP contribution in [0.5, 0.6) is 5.88 Å². The van der Waals surface area contributed by atoms with Crippen LogP contribution in [0.25, 0.3) is 10.8 Å². The third-order valence-electron chi connectivity index (χ3n) is 3.66. The normalized spacial score (nSPS) is 19.9. The second-order valence-electron chi connectivity index (χ2n) is 4.80. The molecule has 94 valence electrons. The number of ether oxygens (including phenoxy) is 1. The van der Waals surface area contributed by atoms with Gasteiger partial charge in [0.1, 0.15) is 0 Å². The monoisotopic (exact) mass is 242 g/mol. The fourth-order valence-electron chi connectivity index (χ4n) is 2.67. The summed E-state index contributed by atoms with van der Waals surface area (Å²) in [6.45, 7) is 1.12. The number of methoxy groups -OCH3 is 1. The Labute approximate surface area is 107 Å². The van der Waals surface area contributed by atoms with Gasteiger partial charge in [-0.2, -0.15) is 0 Å². The Bertz CT molecular complexity index is 547. The zero-order chi connectivity index (χ0) is 12.4. The molecule has 0 saturated carbocycles. The first-order valence-corrected chi connectivity index (χ1v) is 6.54. The van der Waals surface area contributed by atoms with Gasteiger partial charge in [0.2, 0.25) is 5.88 Å². The van der Waals surface area contributed by atoms with Crippen LogP contribution in [-0.4, -0.2) is 18.6 Å². The number of aromatic nitrogens is 1. The van der Waals surface area contributed by atoms with Gasteiger partial charge in [-0.25, -0.2) is 4.98 Å². The second-order valence-corrected chi connectivity index (χ2v) is 4.80. The lowest BCUT2D eigenvalue weighted by Crippen LogP contribution is -2.26. The Morgan fingerprint density at radius 2 is 2.22 bits per heavy atom. The molecule has 0 bridgehead atoms. The van der Waals surface area contributed by atoms with E-state index in [2.05, 4.69) is 28.5 Å². The molecular formula is C15H18N2O. The van der Waals surface area contributed by atoms with Crippen molar-refractivity contribution in [1.29, 1.82) is 0 Å². The molecule has 1 aliphatic rings. The Balaban J connectivity index is 2.03. The Hall–Kier alpha value is -1.61. The first-order valence-electron chi connectivity index (χ1n) is 6.54. The zero-order valence-corrected chi connectivity index (χ0v) is 10.6. The van der Waals surface area contributed by atoms with E-state index in [1.807, 2.05) is 6.07 Å². The standard InChI is InChI=1S/C15H18N2O/c1-18-15-13-10-12(14-4-2-3-8-16-14)6-5-11(13)7-9-17-15/h5-7,9-10,14,16H,2-4,8H2,1H3. The van der Waals surface area contributed by atoms with Crippen molar-refractivity contribution >= 4 is 10.8 Å². The van der Waals surface area contributed by atoms with E-state index in [0.29, 0.717) is 11.9 Å². The number of fused-ring (bicyclic) bond motifs is 1. The number of rotatable bonds is 2. The molecule has 1 aromatic heterocycles. The molecule has 0 aliphatic carbocycles. The highest BCUT2D eigenvalue weighted by Gasteiger charge is 2.15. The van der Waals surface area contributed by atoms with E-state index >= 15 is 0 Å². The molecule has 1 saturated heterocycles. The van der Waals surface area contributed by atoms with Crippen molar-refractivity contribution in [2.24, 2.45) is 0 Å². The van der Waals surface area contributed by atoms with Crippen molar-refractivity contribution in [1.82, 2.24) is 10.3 Å². The van der Waals surface area contributed by atoms with E-state index in [1.165, 1.54) is 30.2 Å². The van der Waals surface area contributed by atoms with Gasteiger partial charge in [0.25, 0.3) is 0 Å². The molecule has 18 heavy (non-hydrogen) atoms. The molecule has 1 unspecified atom stereocenters. The summed E-state index contributed by atoms with van der Waals surface area (Å²) in [5, 5.41) is 5.86. The number of piperidine rings is 1. The molecule has 0 radical (unpaired) electrons. The van der Waals surface area contributed by atoms with Crippen molar-refractivity contribution in [3.05, 3.63) is 36.0 Å². The Kier molecular flexibility index (Phi) is 3.15. The smallest absolute Gasteiger partial charge is 0.221 e. The van der Waals surface area contributed by atoms with Gasteiger partial charge in [-0.15, -0.1) is 0 Å². The molecule has 2 aromatic rings. The summed E-state index contributed by atoms with van der Waals surface area (Å²) in [4.78, 5) is 4.27. The van der Waals surface area contributed by atoms with Gasteiger partial charge in [-0.1, -0.05) is 18.6 Å². The molecule has 1 aromatic carbocycles. The predicted octanol–water partition coefficient (Wildman–Crippen LogP) is 3.06. The van der Waals surface area contributed by atoms with Crippen molar-refractivity contribution < 1.29 is 4.74 Å². The number of hydrogen-bond donors (Lipinski definition) is 1. The molecule has 0 spiro atoms. The quantitative estimate of drug-likeness (QED) is 0.878. The summed E-state index contributed by atoms with van der Waals surface area (Å²) in [6, 6.07) is 9.09. The number of nitrogens with one attached hydrogen (secondary N) is 1. The molecule has 1 N–H and O–H groups in total. The van der Waals surface area contributed by atoms with Crippen molar-refractivity contribution in [2.75, 3.05) is 13.7 Å². The maximum absolute atomic E-state index is 5.34. The lowest BCUT2D eigenvalue weighted by atomic mass is 9.96. The van der Waals surface area contributed by atoms with Crippen LogP contribution >= 0.6 is 0 Å². The van der Waals surface area contributed by atoms with Crippen molar-refractivity contribution in [3.8, 4) is 5.88 Å². The van der Waals surface area contributed by atoms with Gasteiger partial charge < -0.3 is 10.1 Å². The number of nitrogens with zero attached hydrogens (tertiary/aromatic N) is 1. The maximum atomic E-state index is 5.34. The SMILES string of the molecule is COc1nccc2ccc(C3CCCCN3)cc12. The average molecular weight is 242 g/mol. The van der Waals surface area contributed by atoms with Crippen molar-refractivity contribution in [3.63, 3.8) is 0 Å². The van der Waals surface area contributed by atoms with E-state index in [-0.39, 0.29) is 0 Å². The largest absolute Gasteiger partial charge is 0.481 e. The van der Waals surface area contributed by atoms with Gasteiger partial charge in [-0.3, -0.25) is 0 Å². The van der Waals surface area contributed by atoms with Crippen LogP contribution in [-0.2, 0) is 0 Å². The molecule has 3 nitrogen and oxygen atoms in total. The fourth-order valence-corrected chi connectivity index (χ4v) is 2.67. The Morgan fingerprint density at radius 1 is 1.28 bits per heavy atom. The highest BCUT2D eigenvalue weighted by Crippen LogP contribution is 2.29. The minimum Gasteiger partial charge on any atom is -0.481 e. The van der Waals surface area contributed by atoms with Crippen LogP contribution in [0.1, 0.15) is 30.9 Å². The number of hydrogen-bond acceptors (Lipinski definition) is 3. The van der Waals surface area contributed by atoms with Crippen LogP contribution in [0.3, 0.4) is 0 Å². The van der Waals surface area contributed by atoms with E-state index in [1.54, 1.807) is 13.3 Å². The van der Waals surface area contributed by atoms with Crippen LogP contribution in [0.2, 0.25) is 0 Å². The summed E-state index contributed by atoms with van der Waals surface area (Å²) in [7, 11) is 1.67. The van der Waals surface area contributed by atoms with Crippen LogP contribution < -0.4 is 10.1 Å². The van der Waals surface area contributed by atoms with Gasteiger partial charge >= 0.3 is 0 Å². The molecule has 1 aliphatic heterocycles. The summed E-state index contributed by atoms with van der Waals surface area (Å²) >= 11 is 0.